The minimum Gasteiger partial charge on any atom is -0.493 e. The number of benzene rings is 1. The third-order valence-corrected chi connectivity index (χ3v) is 3.79. The van der Waals surface area contributed by atoms with Crippen molar-refractivity contribution in [3.63, 3.8) is 0 Å². The Hall–Kier alpha value is -1.71. The van der Waals surface area contributed by atoms with Gasteiger partial charge in [-0.25, -0.2) is 0 Å². The van der Waals surface area contributed by atoms with Crippen molar-refractivity contribution in [2.45, 2.75) is 19.3 Å². The maximum Gasteiger partial charge on any atom is 0.303 e. The van der Waals surface area contributed by atoms with Gasteiger partial charge in [0.2, 0.25) is 0 Å². The van der Waals surface area contributed by atoms with Crippen molar-refractivity contribution in [2.75, 3.05) is 24.6 Å². The first-order chi connectivity index (χ1) is 8.72. The first-order valence-corrected chi connectivity index (χ1v) is 6.45. The molecule has 2 aliphatic heterocycles. The fourth-order valence-corrected chi connectivity index (χ4v) is 2.85. The van der Waals surface area contributed by atoms with Gasteiger partial charge < -0.3 is 14.7 Å². The van der Waals surface area contributed by atoms with Crippen LogP contribution in [0, 0.1) is 5.92 Å². The van der Waals surface area contributed by atoms with Crippen LogP contribution in [0.3, 0.4) is 0 Å². The maximum absolute atomic E-state index is 10.7. The van der Waals surface area contributed by atoms with E-state index in [1.54, 1.807) is 0 Å². The molecule has 0 amide bonds. The summed E-state index contributed by atoms with van der Waals surface area (Å²) in [5, 5.41) is 8.82. The standard InChI is InChI=1S/C14H17NO3/c16-14(17)7-10-3-5-15(9-10)12-1-2-13-11(8-12)4-6-18-13/h1-2,8,10H,3-7,9H2,(H,16,17). The lowest BCUT2D eigenvalue weighted by Gasteiger charge is -2.19. The van der Waals surface area contributed by atoms with Crippen LogP contribution in [0.4, 0.5) is 5.69 Å². The third-order valence-electron chi connectivity index (χ3n) is 3.79. The van der Waals surface area contributed by atoms with Crippen molar-refractivity contribution in [3.05, 3.63) is 23.8 Å². The summed E-state index contributed by atoms with van der Waals surface area (Å²) in [4.78, 5) is 13.0. The second-order valence-corrected chi connectivity index (χ2v) is 5.09. The van der Waals surface area contributed by atoms with E-state index in [9.17, 15) is 4.79 Å². The summed E-state index contributed by atoms with van der Waals surface area (Å²) in [6, 6.07) is 6.29. The number of anilines is 1. The normalized spacial score (nSPS) is 21.8. The minimum absolute atomic E-state index is 0.282. The number of nitrogens with zero attached hydrogens (tertiary/aromatic N) is 1. The molecule has 1 N–H and O–H groups in total. The van der Waals surface area contributed by atoms with Crippen molar-refractivity contribution in [3.8, 4) is 5.75 Å². The van der Waals surface area contributed by atoms with E-state index in [2.05, 4.69) is 17.0 Å². The molecule has 96 valence electrons. The fourth-order valence-electron chi connectivity index (χ4n) is 2.85. The molecule has 1 aromatic carbocycles. The van der Waals surface area contributed by atoms with Crippen molar-refractivity contribution in [1.29, 1.82) is 0 Å². The monoisotopic (exact) mass is 247 g/mol. The van der Waals surface area contributed by atoms with Gasteiger partial charge in [-0.2, -0.15) is 0 Å². The summed E-state index contributed by atoms with van der Waals surface area (Å²) in [6.07, 6.45) is 2.24. The number of hydrogen-bond donors (Lipinski definition) is 1. The van der Waals surface area contributed by atoms with E-state index in [1.165, 1.54) is 11.3 Å². The highest BCUT2D eigenvalue weighted by molar-refractivity contribution is 5.67. The van der Waals surface area contributed by atoms with E-state index in [-0.39, 0.29) is 12.3 Å². The number of rotatable bonds is 3. The van der Waals surface area contributed by atoms with Gasteiger partial charge in [-0.15, -0.1) is 0 Å². The number of hydrogen-bond acceptors (Lipinski definition) is 3. The summed E-state index contributed by atoms with van der Waals surface area (Å²) in [5.74, 6) is 0.594. The molecule has 3 rings (SSSR count). The van der Waals surface area contributed by atoms with Gasteiger partial charge in [-0.05, 0) is 36.1 Å². The molecule has 4 nitrogen and oxygen atoms in total. The summed E-state index contributed by atoms with van der Waals surface area (Å²) in [7, 11) is 0. The number of carbonyl (C=O) groups is 1. The highest BCUT2D eigenvalue weighted by atomic mass is 16.5. The molecule has 0 aromatic heterocycles. The van der Waals surface area contributed by atoms with Gasteiger partial charge in [0.25, 0.3) is 0 Å². The number of ether oxygens (including phenoxy) is 1. The number of carboxylic acid groups (broad SMARTS) is 1. The van der Waals surface area contributed by atoms with Crippen LogP contribution in [-0.4, -0.2) is 30.8 Å². The van der Waals surface area contributed by atoms with Gasteiger partial charge in [-0.1, -0.05) is 0 Å². The predicted molar refractivity (Wildman–Crippen MR) is 68.2 cm³/mol. The van der Waals surface area contributed by atoms with E-state index in [1.807, 2.05) is 6.07 Å². The topological polar surface area (TPSA) is 49.8 Å². The molecule has 1 aromatic rings. The average Bonchev–Trinajstić information content (AvgIpc) is 2.95. The minimum atomic E-state index is -0.691. The molecule has 0 aliphatic carbocycles. The Morgan fingerprint density at radius 3 is 3.22 bits per heavy atom. The first-order valence-electron chi connectivity index (χ1n) is 6.45. The third kappa shape index (κ3) is 2.15. The quantitative estimate of drug-likeness (QED) is 0.886. The van der Waals surface area contributed by atoms with Crippen LogP contribution in [0.2, 0.25) is 0 Å². The van der Waals surface area contributed by atoms with Gasteiger partial charge in [-0.3, -0.25) is 4.79 Å². The number of fused-ring (bicyclic) bond motifs is 1. The first kappa shape index (κ1) is 11.4. The zero-order valence-electron chi connectivity index (χ0n) is 10.3. The Balaban J connectivity index is 1.71. The summed E-state index contributed by atoms with van der Waals surface area (Å²) in [5.41, 5.74) is 2.47. The van der Waals surface area contributed by atoms with E-state index in [0.717, 1.165) is 38.3 Å². The largest absolute Gasteiger partial charge is 0.493 e. The van der Waals surface area contributed by atoms with Crippen LogP contribution in [0.25, 0.3) is 0 Å². The van der Waals surface area contributed by atoms with E-state index < -0.39 is 5.97 Å². The van der Waals surface area contributed by atoms with Gasteiger partial charge in [0.1, 0.15) is 5.75 Å². The molecule has 2 aliphatic rings. The Kier molecular flexibility index (Phi) is 2.86. The highest BCUT2D eigenvalue weighted by Crippen LogP contribution is 2.32. The summed E-state index contributed by atoms with van der Waals surface area (Å²) >= 11 is 0. The van der Waals surface area contributed by atoms with Gasteiger partial charge >= 0.3 is 5.97 Å². The van der Waals surface area contributed by atoms with Crippen molar-refractivity contribution < 1.29 is 14.6 Å². The SMILES string of the molecule is O=C(O)CC1CCN(c2ccc3c(c2)CCO3)C1. The van der Waals surface area contributed by atoms with Crippen LogP contribution >= 0.6 is 0 Å². The molecule has 0 saturated carbocycles. The summed E-state index contributed by atoms with van der Waals surface area (Å²) < 4.78 is 5.49. The second kappa shape index (κ2) is 4.52. The molecule has 0 bridgehead atoms. The van der Waals surface area contributed by atoms with Crippen LogP contribution < -0.4 is 9.64 Å². The van der Waals surface area contributed by atoms with Crippen molar-refractivity contribution in [1.82, 2.24) is 0 Å². The van der Waals surface area contributed by atoms with Crippen molar-refractivity contribution >= 4 is 11.7 Å². The molecule has 18 heavy (non-hydrogen) atoms. The molecule has 2 heterocycles. The Labute approximate surface area is 106 Å². The zero-order chi connectivity index (χ0) is 12.5. The lowest BCUT2D eigenvalue weighted by Crippen LogP contribution is -2.20. The molecule has 1 atom stereocenters. The van der Waals surface area contributed by atoms with Crippen LogP contribution in [-0.2, 0) is 11.2 Å². The van der Waals surface area contributed by atoms with Gasteiger partial charge in [0.05, 0.1) is 6.61 Å². The van der Waals surface area contributed by atoms with Crippen LogP contribution in [0.15, 0.2) is 18.2 Å². The number of aliphatic carboxylic acids is 1. The Morgan fingerprint density at radius 1 is 1.50 bits per heavy atom. The van der Waals surface area contributed by atoms with Crippen LogP contribution in [0.1, 0.15) is 18.4 Å². The lowest BCUT2D eigenvalue weighted by molar-refractivity contribution is -0.137. The molecule has 0 spiro atoms. The highest BCUT2D eigenvalue weighted by Gasteiger charge is 2.25. The van der Waals surface area contributed by atoms with Crippen LogP contribution in [0.5, 0.6) is 5.75 Å². The van der Waals surface area contributed by atoms with E-state index in [0.29, 0.717) is 0 Å². The average molecular weight is 247 g/mol. The number of carboxylic acids is 1. The summed E-state index contributed by atoms with van der Waals surface area (Å²) in [6.45, 7) is 2.59. The lowest BCUT2D eigenvalue weighted by atomic mass is 10.1. The van der Waals surface area contributed by atoms with Gasteiger partial charge in [0.15, 0.2) is 0 Å². The predicted octanol–water partition coefficient (Wildman–Crippen LogP) is 1.92. The molecule has 4 heteroatoms. The molecule has 0 radical (unpaired) electrons. The smallest absolute Gasteiger partial charge is 0.303 e. The van der Waals surface area contributed by atoms with Crippen molar-refractivity contribution in [2.24, 2.45) is 5.92 Å². The van der Waals surface area contributed by atoms with E-state index >= 15 is 0 Å². The second-order valence-electron chi connectivity index (χ2n) is 5.09. The molecular formula is C14H17NO3. The molecule has 1 saturated heterocycles. The fraction of sp³-hybridized carbons (Fsp3) is 0.500. The van der Waals surface area contributed by atoms with Gasteiger partial charge in [0, 0.05) is 31.6 Å². The Bertz CT molecular complexity index is 472. The maximum atomic E-state index is 10.7. The van der Waals surface area contributed by atoms with E-state index in [4.69, 9.17) is 9.84 Å². The molecule has 1 unspecified atom stereocenters. The zero-order valence-corrected chi connectivity index (χ0v) is 10.3. The molecular weight excluding hydrogens is 230 g/mol. The molecule has 1 fully saturated rings. The Morgan fingerprint density at radius 2 is 2.39 bits per heavy atom.